The Morgan fingerprint density at radius 2 is 0.667 bits per heavy atom. The summed E-state index contributed by atoms with van der Waals surface area (Å²) in [5, 5.41) is 2.21. The zero-order chi connectivity index (χ0) is 49.3. The van der Waals surface area contributed by atoms with Crippen molar-refractivity contribution in [3.63, 3.8) is 0 Å². The summed E-state index contributed by atoms with van der Waals surface area (Å²) in [4.78, 5) is 36.2. The molecule has 0 aliphatic carbocycles. The predicted molar refractivity (Wildman–Crippen MR) is 296 cm³/mol. The molecule has 0 spiro atoms. The zero-order valence-electron chi connectivity index (χ0n) is 41.2. The molecule has 8 heteroatoms. The van der Waals surface area contributed by atoms with Gasteiger partial charge in [-0.2, -0.15) is 19.9 Å². The van der Waals surface area contributed by atoms with E-state index in [-0.39, 0.29) is 0 Å². The van der Waals surface area contributed by atoms with Crippen LogP contribution in [0.1, 0.15) is 33.4 Å². The largest absolute Gasteiger partial charge is 0.309 e. The van der Waals surface area contributed by atoms with Crippen LogP contribution < -0.4 is 9.80 Å². The van der Waals surface area contributed by atoms with E-state index in [9.17, 15) is 0 Å². The highest BCUT2D eigenvalue weighted by Gasteiger charge is 2.27. The highest BCUT2D eigenvalue weighted by molar-refractivity contribution is 5.88. The summed E-state index contributed by atoms with van der Waals surface area (Å²) in [7, 11) is 0. The Labute approximate surface area is 421 Å². The van der Waals surface area contributed by atoms with Crippen LogP contribution in [0.4, 0.5) is 34.6 Å². The summed E-state index contributed by atoms with van der Waals surface area (Å²) in [6, 6.07) is 71.0. The van der Waals surface area contributed by atoms with Crippen molar-refractivity contribution in [3.8, 4) is 56.7 Å². The number of rotatable bonds is 11. The van der Waals surface area contributed by atoms with Crippen LogP contribution in [0, 0.1) is 41.5 Å². The van der Waals surface area contributed by atoms with Crippen LogP contribution in [0.15, 0.2) is 206 Å². The van der Waals surface area contributed by atoms with Crippen LogP contribution in [0.2, 0.25) is 0 Å². The monoisotopic (exact) mass is 932 g/mol. The second kappa shape index (κ2) is 19.3. The first-order chi connectivity index (χ1) is 35.1. The molecule has 0 atom stereocenters. The first kappa shape index (κ1) is 45.3. The minimum atomic E-state index is 0.344. The van der Waals surface area contributed by atoms with Crippen molar-refractivity contribution in [2.24, 2.45) is 0 Å². The maximum Gasteiger partial charge on any atom is 0.241 e. The van der Waals surface area contributed by atoms with E-state index >= 15 is 0 Å². The van der Waals surface area contributed by atoms with Gasteiger partial charge in [-0.1, -0.05) is 187 Å². The third-order valence-electron chi connectivity index (χ3n) is 13.1. The summed E-state index contributed by atoms with van der Waals surface area (Å²) >= 11 is 0. The van der Waals surface area contributed by atoms with Crippen molar-refractivity contribution in [1.82, 2.24) is 29.9 Å². The van der Waals surface area contributed by atoms with Gasteiger partial charge >= 0.3 is 0 Å². The summed E-state index contributed by atoms with van der Waals surface area (Å²) in [5.41, 5.74) is 16.7. The average Bonchev–Trinajstić information content (AvgIpc) is 3.40. The van der Waals surface area contributed by atoms with Gasteiger partial charge in [0.2, 0.25) is 11.9 Å². The molecule has 0 N–H and O–H groups in total. The molecular formula is C64H52N8. The molecule has 0 saturated heterocycles. The molecule has 348 valence electrons. The molecule has 11 rings (SSSR count). The van der Waals surface area contributed by atoms with Crippen molar-refractivity contribution >= 4 is 45.4 Å². The second-order valence-electron chi connectivity index (χ2n) is 18.5. The average molecular weight is 933 g/mol. The summed E-state index contributed by atoms with van der Waals surface area (Å²) in [6.45, 7) is 13.1. The number of nitrogens with zero attached hydrogens (tertiary/aromatic N) is 8. The van der Waals surface area contributed by atoms with Gasteiger partial charge in [0.1, 0.15) is 0 Å². The van der Waals surface area contributed by atoms with E-state index in [1.807, 2.05) is 95.9 Å². The Morgan fingerprint density at radius 3 is 1.18 bits per heavy atom. The maximum absolute atomic E-state index is 5.42. The van der Waals surface area contributed by atoms with Crippen LogP contribution in [0.3, 0.4) is 0 Å². The Bertz CT molecular complexity index is 3660. The van der Waals surface area contributed by atoms with Gasteiger partial charge in [-0.05, 0) is 116 Å². The molecule has 11 aromatic rings. The predicted octanol–water partition coefficient (Wildman–Crippen LogP) is 16.3. The van der Waals surface area contributed by atoms with Crippen molar-refractivity contribution in [2.75, 3.05) is 9.80 Å². The summed E-state index contributed by atoms with van der Waals surface area (Å²) < 4.78 is 0. The highest BCUT2D eigenvalue weighted by Crippen LogP contribution is 2.44. The van der Waals surface area contributed by atoms with Crippen LogP contribution in [-0.2, 0) is 0 Å². The van der Waals surface area contributed by atoms with Crippen molar-refractivity contribution < 1.29 is 0 Å². The molecule has 0 fully saturated rings. The molecule has 0 bridgehead atoms. The van der Waals surface area contributed by atoms with Gasteiger partial charge in [-0.25, -0.2) is 14.9 Å². The highest BCUT2D eigenvalue weighted by atomic mass is 15.4. The Balaban J connectivity index is 1.18. The second-order valence-corrected chi connectivity index (χ2v) is 18.5. The Kier molecular flexibility index (Phi) is 12.2. The summed E-state index contributed by atoms with van der Waals surface area (Å²) in [6.07, 6.45) is 0. The number of hydrogen-bond donors (Lipinski definition) is 0. The quantitative estimate of drug-likeness (QED) is 0.127. The van der Waals surface area contributed by atoms with E-state index in [4.69, 9.17) is 29.9 Å². The number of fused-ring (bicyclic) bond motifs is 1. The van der Waals surface area contributed by atoms with Gasteiger partial charge in [0.15, 0.2) is 23.3 Å². The molecule has 0 amide bonds. The molecule has 2 aromatic heterocycles. The minimum absolute atomic E-state index is 0.344. The number of benzene rings is 9. The Hall–Kier alpha value is -9.14. The molecule has 0 aliphatic rings. The molecule has 0 saturated carbocycles. The lowest BCUT2D eigenvalue weighted by molar-refractivity contribution is 0.964. The van der Waals surface area contributed by atoms with Crippen LogP contribution in [0.5, 0.6) is 0 Å². The van der Waals surface area contributed by atoms with Crippen molar-refractivity contribution in [1.29, 1.82) is 0 Å². The first-order valence-electron chi connectivity index (χ1n) is 24.3. The van der Waals surface area contributed by atoms with Gasteiger partial charge in [-0.3, -0.25) is 0 Å². The topological polar surface area (TPSA) is 83.8 Å². The van der Waals surface area contributed by atoms with Gasteiger partial charge in [-0.15, -0.1) is 0 Å². The van der Waals surface area contributed by atoms with Crippen molar-refractivity contribution in [3.05, 3.63) is 240 Å². The van der Waals surface area contributed by atoms with Gasteiger partial charge in [0.25, 0.3) is 0 Å². The third kappa shape index (κ3) is 8.98. The Morgan fingerprint density at radius 1 is 0.278 bits per heavy atom. The number of aromatic nitrogens is 6. The fourth-order valence-corrected chi connectivity index (χ4v) is 9.98. The van der Waals surface area contributed by atoms with Crippen molar-refractivity contribution in [2.45, 2.75) is 41.5 Å². The van der Waals surface area contributed by atoms with Gasteiger partial charge in [0, 0.05) is 27.9 Å². The lowest BCUT2D eigenvalue weighted by Crippen LogP contribution is -2.19. The number of hydrogen-bond acceptors (Lipinski definition) is 8. The summed E-state index contributed by atoms with van der Waals surface area (Å²) in [5.74, 6) is 2.73. The molecule has 72 heavy (non-hydrogen) atoms. The molecule has 8 nitrogen and oxygen atoms in total. The van der Waals surface area contributed by atoms with E-state index in [0.29, 0.717) is 35.2 Å². The third-order valence-corrected chi connectivity index (χ3v) is 13.1. The minimum Gasteiger partial charge on any atom is -0.309 e. The molecule has 2 heterocycles. The standard InChI is InChI=1S/C64H52N8/c1-41-36-43(3)57(44(4)37-41)71(58-45(5)38-42(2)39-46(58)6)53-32-34-54(35-33-53)72(63-67-59(49-23-12-8-13-24-49)65-61(69-63)52-31-30-47-20-16-17-27-51(47)40-52)64-68-60(50-25-14-9-15-26-50)66-62(70-64)56-29-19-18-28-55(56)48-21-10-7-11-22-48/h7-40H,1-6H3. The fourth-order valence-electron chi connectivity index (χ4n) is 9.98. The van der Waals surface area contributed by atoms with E-state index < -0.39 is 0 Å². The van der Waals surface area contributed by atoms with E-state index in [0.717, 1.165) is 66.9 Å². The van der Waals surface area contributed by atoms with E-state index in [2.05, 4.69) is 162 Å². The SMILES string of the molecule is Cc1cc(C)c(N(c2ccc(N(c3nc(-c4ccccc4)nc(-c4ccc5ccccc5c4)n3)c3nc(-c4ccccc4)nc(-c4ccccc4-c4ccccc4)n3)cc2)c2c(C)cc(C)cc2C)c(C)c1. The zero-order valence-corrected chi connectivity index (χ0v) is 41.2. The molecule has 0 radical (unpaired) electrons. The first-order valence-corrected chi connectivity index (χ1v) is 24.3. The van der Waals surface area contributed by atoms with Crippen LogP contribution in [-0.4, -0.2) is 29.9 Å². The lowest BCUT2D eigenvalue weighted by Gasteiger charge is -2.32. The van der Waals surface area contributed by atoms with E-state index in [1.54, 1.807) is 0 Å². The number of aryl methyl sites for hydroxylation is 6. The molecule has 9 aromatic carbocycles. The van der Waals surface area contributed by atoms with Gasteiger partial charge in [0.05, 0.1) is 17.1 Å². The molecule has 0 unspecified atom stereocenters. The smallest absolute Gasteiger partial charge is 0.241 e. The van der Waals surface area contributed by atoms with E-state index in [1.165, 1.54) is 33.4 Å². The van der Waals surface area contributed by atoms with Gasteiger partial charge < -0.3 is 4.90 Å². The molecular weight excluding hydrogens is 881 g/mol. The fraction of sp³-hybridized carbons (Fsp3) is 0.0938. The lowest BCUT2D eigenvalue weighted by atomic mass is 9.98. The maximum atomic E-state index is 5.42. The normalized spacial score (nSPS) is 11.2. The van der Waals surface area contributed by atoms with Crippen LogP contribution in [0.25, 0.3) is 67.5 Å². The van der Waals surface area contributed by atoms with Crippen LogP contribution >= 0.6 is 0 Å². The molecule has 0 aliphatic heterocycles. The number of anilines is 6.